The lowest BCUT2D eigenvalue weighted by atomic mass is 10.1. The Morgan fingerprint density at radius 3 is 2.19 bits per heavy atom. The van der Waals surface area contributed by atoms with Crippen molar-refractivity contribution >= 4 is 5.97 Å². The van der Waals surface area contributed by atoms with Crippen molar-refractivity contribution in [2.45, 2.75) is 19.7 Å². The lowest BCUT2D eigenvalue weighted by molar-refractivity contribution is -0.158. The smallest absolute Gasteiger partial charge is 0.304 e. The minimum absolute atomic E-state index is 0.261. The van der Waals surface area contributed by atoms with Crippen molar-refractivity contribution in [3.63, 3.8) is 0 Å². The summed E-state index contributed by atoms with van der Waals surface area (Å²) < 4.78 is 5.25. The Kier molecular flexibility index (Phi) is 5.04. The lowest BCUT2D eigenvalue weighted by Crippen LogP contribution is -2.26. The van der Waals surface area contributed by atoms with Gasteiger partial charge in [0.25, 0.3) is 0 Å². The van der Waals surface area contributed by atoms with E-state index in [1.54, 1.807) is 12.1 Å². The number of hydrogen-bond donors (Lipinski definition) is 0. The lowest BCUT2D eigenvalue weighted by Gasteiger charge is -2.26. The zero-order chi connectivity index (χ0) is 15.1. The van der Waals surface area contributed by atoms with E-state index in [0.29, 0.717) is 5.56 Å². The molecule has 5 heteroatoms. The van der Waals surface area contributed by atoms with E-state index in [9.17, 15) is 9.70 Å². The number of benzene rings is 2. The highest BCUT2D eigenvalue weighted by atomic mass is 16.6. The fourth-order valence-corrected chi connectivity index (χ4v) is 2.00. The van der Waals surface area contributed by atoms with Crippen molar-refractivity contribution < 1.29 is 9.53 Å². The molecule has 0 spiro atoms. The molecule has 0 aromatic heterocycles. The number of nitrogens with zero attached hydrogens (tertiary/aromatic N) is 2. The van der Waals surface area contributed by atoms with Crippen LogP contribution in [0.2, 0.25) is 0 Å². The van der Waals surface area contributed by atoms with Crippen molar-refractivity contribution in [2.24, 2.45) is 5.29 Å². The summed E-state index contributed by atoms with van der Waals surface area (Å²) in [6, 6.07) is 18.5. The molecule has 108 valence electrons. The first kappa shape index (κ1) is 14.7. The SMILES string of the molecule is CC(=O)OC(c1ccccc1)N(Cc1ccccc1)N=O. The van der Waals surface area contributed by atoms with Crippen LogP contribution < -0.4 is 0 Å². The average Bonchev–Trinajstić information content (AvgIpc) is 2.52. The van der Waals surface area contributed by atoms with E-state index in [1.165, 1.54) is 11.9 Å². The summed E-state index contributed by atoms with van der Waals surface area (Å²) in [6.45, 7) is 1.57. The van der Waals surface area contributed by atoms with Crippen molar-refractivity contribution in [3.8, 4) is 0 Å². The van der Waals surface area contributed by atoms with Crippen molar-refractivity contribution in [3.05, 3.63) is 76.7 Å². The minimum atomic E-state index is -0.832. The highest BCUT2D eigenvalue weighted by Crippen LogP contribution is 2.24. The molecule has 2 rings (SSSR count). The molecule has 0 amide bonds. The van der Waals surface area contributed by atoms with Crippen LogP contribution in [0.25, 0.3) is 0 Å². The zero-order valence-corrected chi connectivity index (χ0v) is 11.7. The van der Waals surface area contributed by atoms with Gasteiger partial charge in [0.1, 0.15) is 0 Å². The molecule has 0 saturated heterocycles. The number of esters is 1. The largest absolute Gasteiger partial charge is 0.436 e. The van der Waals surface area contributed by atoms with E-state index in [2.05, 4.69) is 5.29 Å². The van der Waals surface area contributed by atoms with Gasteiger partial charge in [-0.05, 0) is 5.56 Å². The van der Waals surface area contributed by atoms with E-state index in [4.69, 9.17) is 4.74 Å². The van der Waals surface area contributed by atoms with Crippen molar-refractivity contribution in [1.82, 2.24) is 5.01 Å². The molecule has 0 bridgehead atoms. The first-order chi connectivity index (χ1) is 10.2. The maximum absolute atomic E-state index is 11.3. The van der Waals surface area contributed by atoms with Gasteiger partial charge in [0.15, 0.2) is 0 Å². The summed E-state index contributed by atoms with van der Waals surface area (Å²) in [6.07, 6.45) is -0.832. The molecule has 1 unspecified atom stereocenters. The highest BCUT2D eigenvalue weighted by molar-refractivity contribution is 5.66. The van der Waals surface area contributed by atoms with Gasteiger partial charge in [0.05, 0.1) is 11.8 Å². The zero-order valence-electron chi connectivity index (χ0n) is 11.7. The van der Waals surface area contributed by atoms with E-state index >= 15 is 0 Å². The van der Waals surface area contributed by atoms with Crippen LogP contribution in [0.1, 0.15) is 24.3 Å². The standard InChI is InChI=1S/C16H16N2O3/c1-13(19)21-16(15-10-6-3-7-11-15)18(17-20)12-14-8-4-2-5-9-14/h2-11,16H,12H2,1H3. The summed E-state index contributed by atoms with van der Waals surface area (Å²) in [5, 5.41) is 4.23. The number of rotatable bonds is 6. The van der Waals surface area contributed by atoms with Crippen LogP contribution in [0.4, 0.5) is 0 Å². The second-order valence-electron chi connectivity index (χ2n) is 4.54. The molecule has 0 heterocycles. The molecule has 0 fully saturated rings. The van der Waals surface area contributed by atoms with Crippen LogP contribution in [0.5, 0.6) is 0 Å². The second kappa shape index (κ2) is 7.19. The van der Waals surface area contributed by atoms with Crippen LogP contribution in [0.3, 0.4) is 0 Å². The molecule has 2 aromatic carbocycles. The summed E-state index contributed by atoms with van der Waals surface area (Å²) in [4.78, 5) is 22.5. The molecular weight excluding hydrogens is 268 g/mol. The van der Waals surface area contributed by atoms with E-state index in [-0.39, 0.29) is 6.54 Å². The van der Waals surface area contributed by atoms with Gasteiger partial charge in [-0.2, -0.15) is 0 Å². The third kappa shape index (κ3) is 4.14. The topological polar surface area (TPSA) is 59.0 Å². The molecule has 0 aliphatic heterocycles. The molecule has 0 N–H and O–H groups in total. The third-order valence-electron chi connectivity index (χ3n) is 2.93. The third-order valence-corrected chi connectivity index (χ3v) is 2.93. The first-order valence-electron chi connectivity index (χ1n) is 6.56. The van der Waals surface area contributed by atoms with Crippen LogP contribution in [-0.4, -0.2) is 11.0 Å². The van der Waals surface area contributed by atoms with E-state index < -0.39 is 12.2 Å². The van der Waals surface area contributed by atoms with Crippen LogP contribution in [-0.2, 0) is 16.1 Å². The normalized spacial score (nSPS) is 11.5. The van der Waals surface area contributed by atoms with Crippen molar-refractivity contribution in [2.75, 3.05) is 0 Å². The minimum Gasteiger partial charge on any atom is -0.436 e. The molecule has 0 radical (unpaired) electrons. The van der Waals surface area contributed by atoms with E-state index in [0.717, 1.165) is 5.56 Å². The van der Waals surface area contributed by atoms with Gasteiger partial charge in [-0.3, -0.25) is 4.79 Å². The van der Waals surface area contributed by atoms with Crippen LogP contribution in [0, 0.1) is 4.91 Å². The monoisotopic (exact) mass is 284 g/mol. The van der Waals surface area contributed by atoms with Crippen molar-refractivity contribution in [1.29, 1.82) is 0 Å². The maximum atomic E-state index is 11.3. The number of hydrogen-bond acceptors (Lipinski definition) is 4. The highest BCUT2D eigenvalue weighted by Gasteiger charge is 2.23. The average molecular weight is 284 g/mol. The summed E-state index contributed by atoms with van der Waals surface area (Å²) >= 11 is 0. The molecule has 0 saturated carbocycles. The van der Waals surface area contributed by atoms with Crippen LogP contribution >= 0.6 is 0 Å². The fraction of sp³-hybridized carbons (Fsp3) is 0.188. The number of carbonyl (C=O) groups excluding carboxylic acids is 1. The number of ether oxygens (including phenoxy) is 1. The molecule has 0 aliphatic carbocycles. The first-order valence-corrected chi connectivity index (χ1v) is 6.56. The molecule has 1 atom stereocenters. The Labute approximate surface area is 123 Å². The Hall–Kier alpha value is -2.69. The predicted molar refractivity (Wildman–Crippen MR) is 78.7 cm³/mol. The van der Waals surface area contributed by atoms with Crippen LogP contribution in [0.15, 0.2) is 65.9 Å². The Morgan fingerprint density at radius 1 is 1.10 bits per heavy atom. The summed E-state index contributed by atoms with van der Waals surface area (Å²) in [7, 11) is 0. The van der Waals surface area contributed by atoms with Gasteiger partial charge in [0, 0.05) is 12.5 Å². The number of nitroso groups, excluding NO2 is 1. The maximum Gasteiger partial charge on any atom is 0.304 e. The molecule has 0 aliphatic rings. The summed E-state index contributed by atoms with van der Waals surface area (Å²) in [5.74, 6) is -0.467. The van der Waals surface area contributed by atoms with Gasteiger partial charge < -0.3 is 4.74 Å². The molecular formula is C16H16N2O3. The Morgan fingerprint density at radius 2 is 1.67 bits per heavy atom. The Bertz CT molecular complexity index is 587. The Balaban J connectivity index is 2.25. The fourth-order valence-electron chi connectivity index (χ4n) is 2.00. The van der Waals surface area contributed by atoms with Gasteiger partial charge in [-0.15, -0.1) is 4.91 Å². The van der Waals surface area contributed by atoms with E-state index in [1.807, 2.05) is 48.5 Å². The predicted octanol–water partition coefficient (Wildman–Crippen LogP) is 3.43. The molecule has 21 heavy (non-hydrogen) atoms. The second-order valence-corrected chi connectivity index (χ2v) is 4.54. The van der Waals surface area contributed by atoms with Gasteiger partial charge >= 0.3 is 5.97 Å². The number of carbonyl (C=O) groups is 1. The summed E-state index contributed by atoms with van der Waals surface area (Å²) in [5.41, 5.74) is 1.61. The van der Waals surface area contributed by atoms with Gasteiger partial charge in [0.2, 0.25) is 6.23 Å². The molecule has 2 aromatic rings. The van der Waals surface area contributed by atoms with Gasteiger partial charge in [-0.1, -0.05) is 60.7 Å². The van der Waals surface area contributed by atoms with Gasteiger partial charge in [-0.25, -0.2) is 5.01 Å². The molecule has 5 nitrogen and oxygen atoms in total. The quantitative estimate of drug-likeness (QED) is 0.353.